The van der Waals surface area contributed by atoms with Crippen LogP contribution in [0.4, 0.5) is 5.95 Å². The van der Waals surface area contributed by atoms with E-state index in [0.717, 1.165) is 0 Å². The van der Waals surface area contributed by atoms with Crippen molar-refractivity contribution in [2.45, 2.75) is 26.7 Å². The molecule has 0 aliphatic rings. The van der Waals surface area contributed by atoms with Crippen LogP contribution < -0.4 is 20.7 Å². The highest BCUT2D eigenvalue weighted by atomic mass is 16.5. The van der Waals surface area contributed by atoms with E-state index in [-0.39, 0.29) is 18.0 Å². The quantitative estimate of drug-likeness (QED) is 0.623. The van der Waals surface area contributed by atoms with E-state index in [0.29, 0.717) is 18.3 Å². The number of hydrazine groups is 1. The van der Waals surface area contributed by atoms with Gasteiger partial charge in [-0.3, -0.25) is 5.43 Å². The Hall–Kier alpha value is -2.41. The summed E-state index contributed by atoms with van der Waals surface area (Å²) in [7, 11) is 0. The van der Waals surface area contributed by atoms with Crippen LogP contribution in [0.15, 0.2) is 24.3 Å². The number of nitrogens with two attached hydrogens (primary N) is 1. The molecule has 0 saturated heterocycles. The fourth-order valence-electron chi connectivity index (χ4n) is 1.68. The zero-order valence-corrected chi connectivity index (χ0v) is 12.3. The maximum Gasteiger partial charge on any atom is 0.330 e. The van der Waals surface area contributed by atoms with Crippen molar-refractivity contribution in [2.75, 3.05) is 12.0 Å². The third-order valence-electron chi connectivity index (χ3n) is 2.73. The molecule has 0 unspecified atom stereocenters. The first kappa shape index (κ1) is 15.0. The van der Waals surface area contributed by atoms with E-state index in [1.165, 1.54) is 5.56 Å². The summed E-state index contributed by atoms with van der Waals surface area (Å²) in [5, 5.41) is 0. The van der Waals surface area contributed by atoms with Crippen molar-refractivity contribution in [3.8, 4) is 17.8 Å². The van der Waals surface area contributed by atoms with Gasteiger partial charge >= 0.3 is 12.0 Å². The highest BCUT2D eigenvalue weighted by molar-refractivity contribution is 5.33. The Morgan fingerprint density at radius 2 is 1.95 bits per heavy atom. The zero-order valence-electron chi connectivity index (χ0n) is 12.3. The number of nitrogens with one attached hydrogen (secondary N) is 1. The lowest BCUT2D eigenvalue weighted by Gasteiger charge is -2.10. The number of anilines is 1. The predicted molar refractivity (Wildman–Crippen MR) is 79.4 cm³/mol. The predicted octanol–water partition coefficient (Wildman–Crippen LogP) is 2.47. The van der Waals surface area contributed by atoms with Crippen LogP contribution in [0, 0.1) is 0 Å². The molecular formula is C14H19N5O2. The second kappa shape index (κ2) is 6.85. The van der Waals surface area contributed by atoms with Crippen molar-refractivity contribution in [3.63, 3.8) is 0 Å². The first-order valence-corrected chi connectivity index (χ1v) is 6.75. The second-order valence-electron chi connectivity index (χ2n) is 4.63. The first-order valence-electron chi connectivity index (χ1n) is 6.75. The average molecular weight is 289 g/mol. The summed E-state index contributed by atoms with van der Waals surface area (Å²) < 4.78 is 10.9. The van der Waals surface area contributed by atoms with Crippen LogP contribution in [0.2, 0.25) is 0 Å². The van der Waals surface area contributed by atoms with E-state index in [2.05, 4.69) is 34.2 Å². The Kier molecular flexibility index (Phi) is 4.89. The lowest BCUT2D eigenvalue weighted by Crippen LogP contribution is -2.12. The number of hydrogen-bond acceptors (Lipinski definition) is 7. The third-order valence-corrected chi connectivity index (χ3v) is 2.73. The normalized spacial score (nSPS) is 10.5. The Labute approximate surface area is 123 Å². The molecular weight excluding hydrogens is 270 g/mol. The second-order valence-corrected chi connectivity index (χ2v) is 4.63. The Bertz CT molecular complexity index is 604. The summed E-state index contributed by atoms with van der Waals surface area (Å²) in [5.41, 5.74) is 3.53. The molecule has 112 valence electrons. The number of ether oxygens (including phenoxy) is 2. The monoisotopic (exact) mass is 289 g/mol. The van der Waals surface area contributed by atoms with Gasteiger partial charge in [0.2, 0.25) is 5.95 Å². The molecule has 0 aliphatic carbocycles. The standard InChI is InChI=1S/C14H19N5O2/c1-4-20-13-16-12(19-15)17-14(18-13)21-11-7-5-6-10(8-11)9(2)3/h5-9H,4,15H2,1-3H3,(H,16,17,18,19). The molecule has 0 aliphatic heterocycles. The van der Waals surface area contributed by atoms with Gasteiger partial charge in [0.1, 0.15) is 5.75 Å². The van der Waals surface area contributed by atoms with Gasteiger partial charge in [-0.25, -0.2) is 5.84 Å². The van der Waals surface area contributed by atoms with E-state index in [9.17, 15) is 0 Å². The summed E-state index contributed by atoms with van der Waals surface area (Å²) in [6, 6.07) is 8.05. The van der Waals surface area contributed by atoms with Crippen molar-refractivity contribution >= 4 is 5.95 Å². The summed E-state index contributed by atoms with van der Waals surface area (Å²) in [6.07, 6.45) is 0. The summed E-state index contributed by atoms with van der Waals surface area (Å²) in [6.45, 7) is 6.51. The molecule has 0 saturated carbocycles. The molecule has 0 fully saturated rings. The molecule has 7 nitrogen and oxygen atoms in total. The van der Waals surface area contributed by atoms with Crippen LogP contribution >= 0.6 is 0 Å². The molecule has 1 aromatic heterocycles. The van der Waals surface area contributed by atoms with E-state index in [1.807, 2.05) is 31.2 Å². The smallest absolute Gasteiger partial charge is 0.330 e. The van der Waals surface area contributed by atoms with Crippen LogP contribution in [-0.2, 0) is 0 Å². The molecule has 2 aromatic rings. The zero-order chi connectivity index (χ0) is 15.2. The number of nitrogens with zero attached hydrogens (tertiary/aromatic N) is 3. The molecule has 1 aromatic carbocycles. The van der Waals surface area contributed by atoms with Gasteiger partial charge in [-0.15, -0.1) is 4.98 Å². The largest absolute Gasteiger partial charge is 0.464 e. The molecule has 1 heterocycles. The SMILES string of the molecule is CCOc1nc(NN)nc(Oc2cccc(C(C)C)c2)n1. The van der Waals surface area contributed by atoms with Gasteiger partial charge in [0.05, 0.1) is 6.61 Å². The fraction of sp³-hybridized carbons (Fsp3) is 0.357. The Morgan fingerprint density at radius 3 is 2.62 bits per heavy atom. The van der Waals surface area contributed by atoms with E-state index < -0.39 is 0 Å². The van der Waals surface area contributed by atoms with Crippen LogP contribution in [0.5, 0.6) is 17.8 Å². The number of hydrogen-bond donors (Lipinski definition) is 2. The minimum absolute atomic E-state index is 0.127. The van der Waals surface area contributed by atoms with Crippen molar-refractivity contribution in [2.24, 2.45) is 5.84 Å². The highest BCUT2D eigenvalue weighted by Crippen LogP contribution is 2.24. The first-order chi connectivity index (χ1) is 10.1. The molecule has 0 bridgehead atoms. The topological polar surface area (TPSA) is 95.2 Å². The molecule has 0 radical (unpaired) electrons. The Balaban J connectivity index is 2.25. The lowest BCUT2D eigenvalue weighted by atomic mass is 10.0. The molecule has 0 atom stereocenters. The maximum atomic E-state index is 5.66. The fourth-order valence-corrected chi connectivity index (χ4v) is 1.68. The number of benzene rings is 1. The van der Waals surface area contributed by atoms with Gasteiger partial charge in [0.15, 0.2) is 0 Å². The maximum absolute atomic E-state index is 5.66. The third kappa shape index (κ3) is 4.03. The highest BCUT2D eigenvalue weighted by Gasteiger charge is 2.09. The van der Waals surface area contributed by atoms with Gasteiger partial charge < -0.3 is 9.47 Å². The average Bonchev–Trinajstić information content (AvgIpc) is 2.47. The van der Waals surface area contributed by atoms with Crippen LogP contribution in [0.1, 0.15) is 32.3 Å². The van der Waals surface area contributed by atoms with Crippen molar-refractivity contribution in [1.29, 1.82) is 0 Å². The number of rotatable bonds is 6. The van der Waals surface area contributed by atoms with Gasteiger partial charge in [-0.1, -0.05) is 26.0 Å². The van der Waals surface area contributed by atoms with Crippen LogP contribution in [0.3, 0.4) is 0 Å². The van der Waals surface area contributed by atoms with Crippen molar-refractivity contribution < 1.29 is 9.47 Å². The lowest BCUT2D eigenvalue weighted by molar-refractivity contribution is 0.304. The molecule has 3 N–H and O–H groups in total. The van der Waals surface area contributed by atoms with E-state index in [4.69, 9.17) is 15.3 Å². The van der Waals surface area contributed by atoms with Gasteiger partial charge in [-0.05, 0) is 30.5 Å². The van der Waals surface area contributed by atoms with Crippen LogP contribution in [-0.4, -0.2) is 21.6 Å². The summed E-state index contributed by atoms with van der Waals surface area (Å²) >= 11 is 0. The molecule has 2 rings (SSSR count). The number of nitrogen functional groups attached to an aromatic ring is 1. The summed E-state index contributed by atoms with van der Waals surface area (Å²) in [5.74, 6) is 6.57. The van der Waals surface area contributed by atoms with Crippen LogP contribution in [0.25, 0.3) is 0 Å². The van der Waals surface area contributed by atoms with E-state index in [1.54, 1.807) is 0 Å². The molecule has 21 heavy (non-hydrogen) atoms. The van der Waals surface area contributed by atoms with Gasteiger partial charge in [0, 0.05) is 0 Å². The molecule has 0 amide bonds. The minimum Gasteiger partial charge on any atom is -0.464 e. The Morgan fingerprint density at radius 1 is 1.19 bits per heavy atom. The van der Waals surface area contributed by atoms with E-state index >= 15 is 0 Å². The minimum atomic E-state index is 0.127. The van der Waals surface area contributed by atoms with Crippen molar-refractivity contribution in [1.82, 2.24) is 15.0 Å². The van der Waals surface area contributed by atoms with Crippen molar-refractivity contribution in [3.05, 3.63) is 29.8 Å². The van der Waals surface area contributed by atoms with Gasteiger partial charge in [-0.2, -0.15) is 9.97 Å². The number of aromatic nitrogens is 3. The molecule has 7 heteroatoms. The summed E-state index contributed by atoms with van der Waals surface area (Å²) in [4.78, 5) is 12.1. The van der Waals surface area contributed by atoms with Gasteiger partial charge in [0.25, 0.3) is 0 Å². The molecule has 0 spiro atoms.